The first-order valence-electron chi connectivity index (χ1n) is 6.11. The van der Waals surface area contributed by atoms with Gasteiger partial charge in [0.15, 0.2) is 0 Å². The average Bonchev–Trinajstić information content (AvgIpc) is 2.10. The van der Waals surface area contributed by atoms with E-state index in [1.54, 1.807) is 0 Å². The molecule has 1 unspecified atom stereocenters. The van der Waals surface area contributed by atoms with E-state index in [9.17, 15) is 0 Å². The highest BCUT2D eigenvalue weighted by molar-refractivity contribution is 5.07. The van der Waals surface area contributed by atoms with E-state index in [4.69, 9.17) is 0 Å². The van der Waals surface area contributed by atoms with E-state index in [0.29, 0.717) is 6.04 Å². The number of rotatable bonds is 4. The molecule has 0 radical (unpaired) electrons. The number of unbranched alkanes of at least 4 members (excludes halogenated alkanes) is 1. The molecule has 0 saturated carbocycles. The third-order valence-electron chi connectivity index (χ3n) is 3.23. The van der Waals surface area contributed by atoms with Gasteiger partial charge < -0.3 is 10.2 Å². The molecule has 0 amide bonds. The lowest BCUT2D eigenvalue weighted by Crippen LogP contribution is -2.51. The van der Waals surface area contributed by atoms with Crippen molar-refractivity contribution in [1.29, 1.82) is 0 Å². The first kappa shape index (κ1) is 12.6. The van der Waals surface area contributed by atoms with Gasteiger partial charge in [0.2, 0.25) is 0 Å². The Morgan fingerprint density at radius 3 is 2.73 bits per heavy atom. The second-order valence-electron chi connectivity index (χ2n) is 5.51. The quantitative estimate of drug-likeness (QED) is 0.767. The summed E-state index contributed by atoms with van der Waals surface area (Å²) >= 11 is 0. The Labute approximate surface area is 94.7 Å². The first-order chi connectivity index (χ1) is 6.94. The van der Waals surface area contributed by atoms with Gasteiger partial charge in [-0.3, -0.25) is 0 Å². The summed E-state index contributed by atoms with van der Waals surface area (Å²) in [7, 11) is 2.25. The zero-order valence-electron chi connectivity index (χ0n) is 10.8. The Hall–Kier alpha value is -0.500. The van der Waals surface area contributed by atoms with Crippen molar-refractivity contribution >= 4 is 0 Å². The molecule has 0 aromatic carbocycles. The number of nitrogens with one attached hydrogen (secondary N) is 1. The molecule has 1 rings (SSSR count). The lowest BCUT2D eigenvalue weighted by atomic mass is 9.87. The molecule has 15 heavy (non-hydrogen) atoms. The molecular weight excluding hydrogens is 184 g/mol. The fraction of sp³-hybridized carbons (Fsp3) is 0.846. The van der Waals surface area contributed by atoms with Gasteiger partial charge in [0.25, 0.3) is 0 Å². The SMILES string of the molecule is C=C1CC(N(C)CCCC)CC(C)(C)N1. The van der Waals surface area contributed by atoms with E-state index >= 15 is 0 Å². The van der Waals surface area contributed by atoms with Crippen molar-refractivity contribution in [1.82, 2.24) is 10.2 Å². The van der Waals surface area contributed by atoms with Gasteiger partial charge in [-0.15, -0.1) is 0 Å². The molecule has 2 heteroatoms. The van der Waals surface area contributed by atoms with Crippen molar-refractivity contribution in [2.24, 2.45) is 0 Å². The average molecular weight is 210 g/mol. The minimum atomic E-state index is 0.209. The van der Waals surface area contributed by atoms with Gasteiger partial charge >= 0.3 is 0 Å². The van der Waals surface area contributed by atoms with Crippen molar-refractivity contribution < 1.29 is 0 Å². The number of nitrogens with zero attached hydrogens (tertiary/aromatic N) is 1. The van der Waals surface area contributed by atoms with Crippen LogP contribution in [0, 0.1) is 0 Å². The van der Waals surface area contributed by atoms with Crippen molar-refractivity contribution in [3.8, 4) is 0 Å². The number of piperidine rings is 1. The van der Waals surface area contributed by atoms with Crippen LogP contribution in [0.3, 0.4) is 0 Å². The van der Waals surface area contributed by atoms with Crippen LogP contribution in [0.5, 0.6) is 0 Å². The summed E-state index contributed by atoms with van der Waals surface area (Å²) in [5.74, 6) is 0. The van der Waals surface area contributed by atoms with E-state index in [-0.39, 0.29) is 5.54 Å². The zero-order chi connectivity index (χ0) is 11.5. The van der Waals surface area contributed by atoms with Crippen molar-refractivity contribution in [2.45, 2.75) is 58.0 Å². The van der Waals surface area contributed by atoms with Gasteiger partial charge in [0.05, 0.1) is 0 Å². The summed E-state index contributed by atoms with van der Waals surface area (Å²) in [5.41, 5.74) is 1.40. The van der Waals surface area contributed by atoms with Crippen LogP contribution in [0.25, 0.3) is 0 Å². The van der Waals surface area contributed by atoms with E-state index in [0.717, 1.165) is 6.42 Å². The zero-order valence-corrected chi connectivity index (χ0v) is 10.8. The maximum atomic E-state index is 4.08. The van der Waals surface area contributed by atoms with Gasteiger partial charge in [-0.25, -0.2) is 0 Å². The van der Waals surface area contributed by atoms with Crippen molar-refractivity contribution in [3.63, 3.8) is 0 Å². The molecule has 0 aromatic rings. The molecule has 0 bridgehead atoms. The highest BCUT2D eigenvalue weighted by atomic mass is 15.2. The molecule has 0 aromatic heterocycles. The molecule has 1 aliphatic heterocycles. The third-order valence-corrected chi connectivity index (χ3v) is 3.23. The van der Waals surface area contributed by atoms with Crippen molar-refractivity contribution in [2.75, 3.05) is 13.6 Å². The van der Waals surface area contributed by atoms with Gasteiger partial charge in [-0.1, -0.05) is 19.9 Å². The molecule has 1 saturated heterocycles. The number of hydrogen-bond acceptors (Lipinski definition) is 2. The van der Waals surface area contributed by atoms with Crippen molar-refractivity contribution in [3.05, 3.63) is 12.3 Å². The topological polar surface area (TPSA) is 15.3 Å². The Morgan fingerprint density at radius 2 is 2.20 bits per heavy atom. The van der Waals surface area contributed by atoms with Crippen LogP contribution in [-0.4, -0.2) is 30.1 Å². The molecule has 0 spiro atoms. The van der Waals surface area contributed by atoms with Crippen LogP contribution < -0.4 is 5.32 Å². The summed E-state index contributed by atoms with van der Waals surface area (Å²) in [6, 6.07) is 0.667. The van der Waals surface area contributed by atoms with E-state index in [1.807, 2.05) is 0 Å². The van der Waals surface area contributed by atoms with E-state index in [1.165, 1.54) is 31.5 Å². The fourth-order valence-corrected chi connectivity index (χ4v) is 2.43. The molecule has 2 nitrogen and oxygen atoms in total. The lowest BCUT2D eigenvalue weighted by Gasteiger charge is -2.42. The largest absolute Gasteiger partial charge is 0.384 e. The normalized spacial score (nSPS) is 25.4. The summed E-state index contributed by atoms with van der Waals surface area (Å²) < 4.78 is 0. The van der Waals surface area contributed by atoms with Crippen LogP contribution in [0.15, 0.2) is 12.3 Å². The maximum Gasteiger partial charge on any atom is 0.0329 e. The third kappa shape index (κ3) is 3.86. The second kappa shape index (κ2) is 5.02. The molecule has 1 aliphatic rings. The summed E-state index contributed by atoms with van der Waals surface area (Å²) in [6.07, 6.45) is 4.89. The van der Waals surface area contributed by atoms with Gasteiger partial charge in [-0.05, 0) is 40.3 Å². The standard InChI is InChI=1S/C13H26N2/c1-6-7-8-15(5)12-9-11(2)14-13(3,4)10-12/h12,14H,2,6-10H2,1,3-5H3. The Morgan fingerprint density at radius 1 is 1.53 bits per heavy atom. The summed E-state index contributed by atoms with van der Waals surface area (Å²) in [4.78, 5) is 2.50. The van der Waals surface area contributed by atoms with Crippen LogP contribution >= 0.6 is 0 Å². The van der Waals surface area contributed by atoms with Crippen LogP contribution in [0.1, 0.15) is 46.5 Å². The molecule has 1 fully saturated rings. The van der Waals surface area contributed by atoms with Crippen LogP contribution in [-0.2, 0) is 0 Å². The highest BCUT2D eigenvalue weighted by Crippen LogP contribution is 2.26. The van der Waals surface area contributed by atoms with E-state index in [2.05, 4.69) is 44.6 Å². The first-order valence-corrected chi connectivity index (χ1v) is 6.11. The van der Waals surface area contributed by atoms with Crippen LogP contribution in [0.2, 0.25) is 0 Å². The molecule has 1 N–H and O–H groups in total. The van der Waals surface area contributed by atoms with Gasteiger partial charge in [-0.2, -0.15) is 0 Å². The smallest absolute Gasteiger partial charge is 0.0329 e. The molecular formula is C13H26N2. The maximum absolute atomic E-state index is 4.08. The highest BCUT2D eigenvalue weighted by Gasteiger charge is 2.30. The Bertz CT molecular complexity index is 221. The predicted octanol–water partition coefficient (Wildman–Crippen LogP) is 2.76. The fourth-order valence-electron chi connectivity index (χ4n) is 2.43. The predicted molar refractivity (Wildman–Crippen MR) is 66.9 cm³/mol. The molecule has 1 atom stereocenters. The summed E-state index contributed by atoms with van der Waals surface area (Å²) in [6.45, 7) is 12.1. The molecule has 0 aliphatic carbocycles. The molecule has 1 heterocycles. The monoisotopic (exact) mass is 210 g/mol. The second-order valence-corrected chi connectivity index (χ2v) is 5.51. The van der Waals surface area contributed by atoms with Gasteiger partial charge in [0, 0.05) is 23.7 Å². The van der Waals surface area contributed by atoms with Crippen LogP contribution in [0.4, 0.5) is 0 Å². The van der Waals surface area contributed by atoms with E-state index < -0.39 is 0 Å². The Balaban J connectivity index is 2.50. The minimum Gasteiger partial charge on any atom is -0.384 e. The molecule has 88 valence electrons. The minimum absolute atomic E-state index is 0.209. The van der Waals surface area contributed by atoms with Gasteiger partial charge in [0.1, 0.15) is 0 Å². The lowest BCUT2D eigenvalue weighted by molar-refractivity contribution is 0.161. The number of hydrogen-bond donors (Lipinski definition) is 1. The Kier molecular flexibility index (Phi) is 4.21. The summed E-state index contributed by atoms with van der Waals surface area (Å²) in [5, 5.41) is 3.48.